The SMILES string of the molecule is C=CCC(O)(CO)c1ccc(Cl)cc1. The smallest absolute Gasteiger partial charge is 0.116 e. The molecule has 0 aliphatic carbocycles. The minimum Gasteiger partial charge on any atom is -0.393 e. The van der Waals surface area contributed by atoms with E-state index < -0.39 is 5.60 Å². The molecular formula is C11H13ClO2. The number of rotatable bonds is 4. The van der Waals surface area contributed by atoms with Gasteiger partial charge in [0.05, 0.1) is 6.61 Å². The highest BCUT2D eigenvalue weighted by Crippen LogP contribution is 2.25. The molecule has 0 radical (unpaired) electrons. The van der Waals surface area contributed by atoms with Crippen LogP contribution in [0.5, 0.6) is 0 Å². The van der Waals surface area contributed by atoms with E-state index in [4.69, 9.17) is 16.7 Å². The normalized spacial score (nSPS) is 14.8. The van der Waals surface area contributed by atoms with Gasteiger partial charge < -0.3 is 10.2 Å². The standard InChI is InChI=1S/C11H13ClO2/c1-2-7-11(14,8-13)9-3-5-10(12)6-4-9/h2-6,13-14H,1,7-8H2. The van der Waals surface area contributed by atoms with Gasteiger partial charge in [-0.2, -0.15) is 0 Å². The van der Waals surface area contributed by atoms with E-state index in [-0.39, 0.29) is 6.61 Å². The lowest BCUT2D eigenvalue weighted by Crippen LogP contribution is -2.29. The molecule has 0 aliphatic rings. The zero-order valence-electron chi connectivity index (χ0n) is 7.78. The van der Waals surface area contributed by atoms with Gasteiger partial charge in [0.2, 0.25) is 0 Å². The van der Waals surface area contributed by atoms with Crippen LogP contribution >= 0.6 is 11.6 Å². The molecule has 0 saturated heterocycles. The van der Waals surface area contributed by atoms with E-state index in [1.165, 1.54) is 0 Å². The molecule has 0 fully saturated rings. The summed E-state index contributed by atoms with van der Waals surface area (Å²) in [5.74, 6) is 0. The van der Waals surface area contributed by atoms with Crippen LogP contribution in [0.15, 0.2) is 36.9 Å². The molecule has 1 aromatic carbocycles. The molecule has 0 saturated carbocycles. The number of aliphatic hydroxyl groups excluding tert-OH is 1. The summed E-state index contributed by atoms with van der Waals surface area (Å²) < 4.78 is 0. The molecule has 0 heterocycles. The molecule has 2 nitrogen and oxygen atoms in total. The quantitative estimate of drug-likeness (QED) is 0.751. The highest BCUT2D eigenvalue weighted by atomic mass is 35.5. The van der Waals surface area contributed by atoms with Gasteiger partial charge in [-0.3, -0.25) is 0 Å². The first-order chi connectivity index (χ1) is 6.62. The van der Waals surface area contributed by atoms with Gasteiger partial charge >= 0.3 is 0 Å². The molecule has 0 aliphatic heterocycles. The van der Waals surface area contributed by atoms with Crippen LogP contribution in [0.1, 0.15) is 12.0 Å². The summed E-state index contributed by atoms with van der Waals surface area (Å²) in [6.45, 7) is 3.21. The Bertz CT molecular complexity index is 308. The van der Waals surface area contributed by atoms with Crippen LogP contribution in [0.4, 0.5) is 0 Å². The van der Waals surface area contributed by atoms with Crippen molar-refractivity contribution in [3.05, 3.63) is 47.5 Å². The molecular weight excluding hydrogens is 200 g/mol. The minimum absolute atomic E-state index is 0.311. The van der Waals surface area contributed by atoms with Gasteiger partial charge in [-0.1, -0.05) is 29.8 Å². The third kappa shape index (κ3) is 2.35. The van der Waals surface area contributed by atoms with Gasteiger partial charge in [0.1, 0.15) is 5.60 Å². The summed E-state index contributed by atoms with van der Waals surface area (Å²) in [6, 6.07) is 6.76. The summed E-state index contributed by atoms with van der Waals surface area (Å²) in [6.07, 6.45) is 1.88. The monoisotopic (exact) mass is 212 g/mol. The maximum Gasteiger partial charge on any atom is 0.116 e. The molecule has 0 amide bonds. The molecule has 76 valence electrons. The van der Waals surface area contributed by atoms with Crippen molar-refractivity contribution in [2.75, 3.05) is 6.61 Å². The second-order valence-corrected chi connectivity index (χ2v) is 3.63. The van der Waals surface area contributed by atoms with Gasteiger partial charge in [-0.15, -0.1) is 6.58 Å². The van der Waals surface area contributed by atoms with Crippen molar-refractivity contribution in [1.82, 2.24) is 0 Å². The van der Waals surface area contributed by atoms with Gasteiger partial charge in [0.15, 0.2) is 0 Å². The molecule has 1 aromatic rings. The fraction of sp³-hybridized carbons (Fsp3) is 0.273. The largest absolute Gasteiger partial charge is 0.393 e. The maximum absolute atomic E-state index is 10.0. The van der Waals surface area contributed by atoms with E-state index in [1.54, 1.807) is 30.3 Å². The third-order valence-corrected chi connectivity index (χ3v) is 2.38. The van der Waals surface area contributed by atoms with Crippen LogP contribution in [-0.4, -0.2) is 16.8 Å². The first kappa shape index (κ1) is 11.2. The van der Waals surface area contributed by atoms with Crippen molar-refractivity contribution in [3.63, 3.8) is 0 Å². The highest BCUT2D eigenvalue weighted by Gasteiger charge is 2.26. The molecule has 1 rings (SSSR count). The summed E-state index contributed by atoms with van der Waals surface area (Å²) >= 11 is 5.72. The maximum atomic E-state index is 10.0. The Labute approximate surface area is 88.5 Å². The lowest BCUT2D eigenvalue weighted by molar-refractivity contribution is -0.0164. The summed E-state index contributed by atoms with van der Waals surface area (Å²) in [5, 5.41) is 19.7. The van der Waals surface area contributed by atoms with E-state index in [2.05, 4.69) is 6.58 Å². The van der Waals surface area contributed by atoms with Gasteiger partial charge in [0.25, 0.3) is 0 Å². The van der Waals surface area contributed by atoms with Crippen molar-refractivity contribution < 1.29 is 10.2 Å². The van der Waals surface area contributed by atoms with Crippen molar-refractivity contribution in [2.45, 2.75) is 12.0 Å². The van der Waals surface area contributed by atoms with Crippen LogP contribution in [-0.2, 0) is 5.60 Å². The van der Waals surface area contributed by atoms with Crippen molar-refractivity contribution in [3.8, 4) is 0 Å². The average Bonchev–Trinajstić information content (AvgIpc) is 2.19. The zero-order chi connectivity index (χ0) is 10.6. The van der Waals surface area contributed by atoms with E-state index in [0.29, 0.717) is 17.0 Å². The molecule has 0 aromatic heterocycles. The topological polar surface area (TPSA) is 40.5 Å². The summed E-state index contributed by atoms with van der Waals surface area (Å²) in [7, 11) is 0. The Hall–Kier alpha value is -0.830. The van der Waals surface area contributed by atoms with Gasteiger partial charge in [-0.05, 0) is 17.7 Å². The molecule has 1 atom stereocenters. The Balaban J connectivity index is 2.99. The third-order valence-electron chi connectivity index (χ3n) is 2.13. The predicted octanol–water partition coefficient (Wildman–Crippen LogP) is 2.10. The summed E-state index contributed by atoms with van der Waals surface area (Å²) in [5.41, 5.74) is -0.601. The fourth-order valence-corrected chi connectivity index (χ4v) is 1.40. The van der Waals surface area contributed by atoms with Crippen LogP contribution in [0.2, 0.25) is 5.02 Å². The van der Waals surface area contributed by atoms with E-state index in [9.17, 15) is 5.11 Å². The molecule has 2 N–H and O–H groups in total. The average molecular weight is 213 g/mol. The van der Waals surface area contributed by atoms with E-state index in [0.717, 1.165) is 0 Å². The highest BCUT2D eigenvalue weighted by molar-refractivity contribution is 6.30. The van der Waals surface area contributed by atoms with Gasteiger partial charge in [0, 0.05) is 11.4 Å². The van der Waals surface area contributed by atoms with Crippen molar-refractivity contribution >= 4 is 11.6 Å². The number of hydrogen-bond donors (Lipinski definition) is 2. The van der Waals surface area contributed by atoms with Crippen LogP contribution in [0, 0.1) is 0 Å². The molecule has 3 heteroatoms. The molecule has 0 bridgehead atoms. The van der Waals surface area contributed by atoms with Gasteiger partial charge in [-0.25, -0.2) is 0 Å². The lowest BCUT2D eigenvalue weighted by Gasteiger charge is -2.24. The Kier molecular flexibility index (Phi) is 3.69. The second-order valence-electron chi connectivity index (χ2n) is 3.19. The van der Waals surface area contributed by atoms with Crippen LogP contribution < -0.4 is 0 Å². The Morgan fingerprint density at radius 1 is 1.36 bits per heavy atom. The summed E-state index contributed by atoms with van der Waals surface area (Å²) in [4.78, 5) is 0. The molecule has 0 spiro atoms. The lowest BCUT2D eigenvalue weighted by atomic mass is 9.91. The number of benzene rings is 1. The zero-order valence-corrected chi connectivity index (χ0v) is 8.54. The van der Waals surface area contributed by atoms with Crippen LogP contribution in [0.25, 0.3) is 0 Å². The van der Waals surface area contributed by atoms with E-state index >= 15 is 0 Å². The van der Waals surface area contributed by atoms with E-state index in [1.807, 2.05) is 0 Å². The van der Waals surface area contributed by atoms with Crippen LogP contribution in [0.3, 0.4) is 0 Å². The second kappa shape index (κ2) is 4.60. The number of aliphatic hydroxyl groups is 2. The Morgan fingerprint density at radius 3 is 2.36 bits per heavy atom. The fourth-order valence-electron chi connectivity index (χ4n) is 1.27. The Morgan fingerprint density at radius 2 is 1.93 bits per heavy atom. The minimum atomic E-state index is -1.24. The van der Waals surface area contributed by atoms with Crippen molar-refractivity contribution in [2.24, 2.45) is 0 Å². The molecule has 1 unspecified atom stereocenters. The first-order valence-electron chi connectivity index (χ1n) is 4.32. The van der Waals surface area contributed by atoms with Crippen molar-refractivity contribution in [1.29, 1.82) is 0 Å². The number of hydrogen-bond acceptors (Lipinski definition) is 2. The number of halogens is 1. The molecule has 14 heavy (non-hydrogen) atoms. The first-order valence-corrected chi connectivity index (χ1v) is 4.70. The predicted molar refractivity (Wildman–Crippen MR) is 57.2 cm³/mol.